The van der Waals surface area contributed by atoms with E-state index in [1.807, 2.05) is 12.1 Å². The van der Waals surface area contributed by atoms with Gasteiger partial charge in [0, 0.05) is 5.56 Å². The van der Waals surface area contributed by atoms with E-state index < -0.39 is 6.61 Å². The van der Waals surface area contributed by atoms with Gasteiger partial charge in [-0.3, -0.25) is 4.79 Å². The molecular formula is C19H16F2N6O3S2. The number of halogens is 2. The number of thioether (sulfide) groups is 1. The van der Waals surface area contributed by atoms with Crippen LogP contribution in [0, 0.1) is 0 Å². The molecule has 4 rings (SSSR count). The highest BCUT2D eigenvalue weighted by molar-refractivity contribution is 7.99. The number of hydrogen-bond acceptors (Lipinski definition) is 9. The van der Waals surface area contributed by atoms with Crippen LogP contribution in [0.4, 0.5) is 13.9 Å². The molecule has 0 atom stereocenters. The highest BCUT2D eigenvalue weighted by Crippen LogP contribution is 2.29. The monoisotopic (exact) mass is 478 g/mol. The number of thiazole rings is 1. The van der Waals surface area contributed by atoms with Crippen LogP contribution in [0.25, 0.3) is 21.6 Å². The maximum absolute atomic E-state index is 12.3. The Labute approximate surface area is 188 Å². The number of amides is 1. The fourth-order valence-electron chi connectivity index (χ4n) is 2.73. The molecule has 2 aromatic heterocycles. The number of aromatic nitrogens is 4. The number of fused-ring (bicyclic) bond motifs is 1. The Morgan fingerprint density at radius 2 is 1.97 bits per heavy atom. The molecule has 2 aromatic carbocycles. The molecule has 166 valence electrons. The summed E-state index contributed by atoms with van der Waals surface area (Å²) in [5.74, 6) is 6.84. The number of nitrogens with zero attached hydrogens (tertiary/aromatic N) is 4. The summed E-state index contributed by atoms with van der Waals surface area (Å²) in [5, 5.41) is 11.5. The Balaban J connectivity index is 1.38. The van der Waals surface area contributed by atoms with Crippen LogP contribution in [0.5, 0.6) is 11.5 Å². The molecule has 13 heteroatoms. The van der Waals surface area contributed by atoms with Crippen molar-refractivity contribution in [3.8, 4) is 22.9 Å². The number of nitrogens with two attached hydrogens (primary N) is 1. The van der Waals surface area contributed by atoms with Crippen LogP contribution < -0.4 is 20.6 Å². The third kappa shape index (κ3) is 4.89. The summed E-state index contributed by atoms with van der Waals surface area (Å²) < 4.78 is 36.2. The summed E-state index contributed by atoms with van der Waals surface area (Å²) in [5.41, 5.74) is 1.32. The van der Waals surface area contributed by atoms with E-state index in [9.17, 15) is 13.6 Å². The van der Waals surface area contributed by atoms with Gasteiger partial charge in [-0.1, -0.05) is 23.1 Å². The molecule has 0 aliphatic heterocycles. The van der Waals surface area contributed by atoms with Crippen molar-refractivity contribution in [3.63, 3.8) is 0 Å². The first-order chi connectivity index (χ1) is 15.4. The summed E-state index contributed by atoms with van der Waals surface area (Å²) in [4.78, 5) is 16.7. The Morgan fingerprint density at radius 3 is 2.69 bits per heavy atom. The second-order valence-corrected chi connectivity index (χ2v) is 8.24. The zero-order valence-electron chi connectivity index (χ0n) is 16.5. The quantitative estimate of drug-likeness (QED) is 0.291. The van der Waals surface area contributed by atoms with E-state index in [1.54, 1.807) is 13.2 Å². The highest BCUT2D eigenvalue weighted by atomic mass is 32.2. The fraction of sp³-hybridized carbons (Fsp3) is 0.158. The highest BCUT2D eigenvalue weighted by Gasteiger charge is 2.15. The van der Waals surface area contributed by atoms with Crippen LogP contribution in [0.3, 0.4) is 0 Å². The van der Waals surface area contributed by atoms with Gasteiger partial charge in [0.15, 0.2) is 11.0 Å². The van der Waals surface area contributed by atoms with E-state index in [2.05, 4.69) is 25.2 Å². The first kappa shape index (κ1) is 21.8. The van der Waals surface area contributed by atoms with E-state index >= 15 is 0 Å². The van der Waals surface area contributed by atoms with Gasteiger partial charge in [0.1, 0.15) is 11.5 Å². The first-order valence-corrected chi connectivity index (χ1v) is 10.9. The van der Waals surface area contributed by atoms with Gasteiger partial charge in [0.25, 0.3) is 0 Å². The zero-order valence-corrected chi connectivity index (χ0v) is 18.1. The van der Waals surface area contributed by atoms with Gasteiger partial charge < -0.3 is 20.6 Å². The van der Waals surface area contributed by atoms with Crippen LogP contribution in [0.15, 0.2) is 47.6 Å². The van der Waals surface area contributed by atoms with E-state index in [0.29, 0.717) is 27.4 Å². The predicted molar refractivity (Wildman–Crippen MR) is 118 cm³/mol. The van der Waals surface area contributed by atoms with Gasteiger partial charge in [-0.05, 0) is 42.5 Å². The van der Waals surface area contributed by atoms with Crippen molar-refractivity contribution in [2.24, 2.45) is 0 Å². The summed E-state index contributed by atoms with van der Waals surface area (Å²) in [7, 11) is 1.58. The van der Waals surface area contributed by atoms with Gasteiger partial charge in [-0.25, -0.2) is 9.66 Å². The topological polar surface area (TPSA) is 117 Å². The van der Waals surface area contributed by atoms with Crippen molar-refractivity contribution in [3.05, 3.63) is 42.5 Å². The number of rotatable bonds is 8. The van der Waals surface area contributed by atoms with Gasteiger partial charge in [0.2, 0.25) is 11.1 Å². The largest absolute Gasteiger partial charge is 0.497 e. The SMILES string of the molecule is COc1ccc2nc(NC(=O)CSc3nnc(-c4ccc(OC(F)F)cc4)n3N)sc2c1. The van der Waals surface area contributed by atoms with Crippen LogP contribution >= 0.6 is 23.1 Å². The molecule has 0 aliphatic rings. The molecule has 3 N–H and O–H groups in total. The third-order valence-electron chi connectivity index (χ3n) is 4.18. The lowest BCUT2D eigenvalue weighted by Gasteiger charge is -2.06. The summed E-state index contributed by atoms with van der Waals surface area (Å²) in [6, 6.07) is 11.3. The molecule has 32 heavy (non-hydrogen) atoms. The predicted octanol–water partition coefficient (Wildman–Crippen LogP) is 3.61. The third-order valence-corrected chi connectivity index (χ3v) is 6.05. The molecule has 9 nitrogen and oxygen atoms in total. The first-order valence-electron chi connectivity index (χ1n) is 9.06. The number of nitrogen functional groups attached to an aromatic ring is 1. The van der Waals surface area contributed by atoms with Crippen LogP contribution in [0.1, 0.15) is 0 Å². The van der Waals surface area contributed by atoms with Crippen molar-refractivity contribution < 1.29 is 23.0 Å². The van der Waals surface area contributed by atoms with Gasteiger partial charge in [-0.15, -0.1) is 10.2 Å². The van der Waals surface area contributed by atoms with Crippen molar-refractivity contribution in [2.75, 3.05) is 24.0 Å². The van der Waals surface area contributed by atoms with Crippen molar-refractivity contribution in [1.82, 2.24) is 19.9 Å². The molecule has 0 unspecified atom stereocenters. The number of carbonyl (C=O) groups excluding carboxylic acids is 1. The van der Waals surface area contributed by atoms with Crippen LogP contribution in [-0.2, 0) is 4.79 Å². The Kier molecular flexibility index (Phi) is 6.37. The lowest BCUT2D eigenvalue weighted by atomic mass is 10.2. The molecule has 0 aliphatic carbocycles. The smallest absolute Gasteiger partial charge is 0.387 e. The summed E-state index contributed by atoms with van der Waals surface area (Å²) in [6.07, 6.45) is 0. The minimum absolute atomic E-state index is 0.0198. The number of anilines is 1. The number of ether oxygens (including phenoxy) is 2. The number of alkyl halides is 2. The maximum atomic E-state index is 12.3. The number of carbonyl (C=O) groups is 1. The lowest BCUT2D eigenvalue weighted by molar-refractivity contribution is -0.113. The molecule has 4 aromatic rings. The summed E-state index contributed by atoms with van der Waals surface area (Å²) in [6.45, 7) is -2.90. The number of benzene rings is 2. The minimum atomic E-state index is -2.90. The van der Waals surface area contributed by atoms with E-state index in [1.165, 1.54) is 40.3 Å². The van der Waals surface area contributed by atoms with Crippen molar-refractivity contribution in [1.29, 1.82) is 0 Å². The normalized spacial score (nSPS) is 11.1. The van der Waals surface area contributed by atoms with E-state index in [0.717, 1.165) is 22.0 Å². The van der Waals surface area contributed by atoms with Crippen molar-refractivity contribution in [2.45, 2.75) is 11.8 Å². The Bertz CT molecular complexity index is 1250. The van der Waals surface area contributed by atoms with Gasteiger partial charge in [0.05, 0.1) is 23.1 Å². The number of nitrogens with one attached hydrogen (secondary N) is 1. The molecule has 0 fully saturated rings. The molecular weight excluding hydrogens is 462 g/mol. The second-order valence-electron chi connectivity index (χ2n) is 6.27. The minimum Gasteiger partial charge on any atom is -0.497 e. The molecule has 0 saturated heterocycles. The molecule has 0 spiro atoms. The molecule has 0 saturated carbocycles. The molecule has 0 bridgehead atoms. The van der Waals surface area contributed by atoms with E-state index in [-0.39, 0.29) is 17.4 Å². The van der Waals surface area contributed by atoms with E-state index in [4.69, 9.17) is 10.6 Å². The Hall–Kier alpha value is -3.45. The van der Waals surface area contributed by atoms with Crippen LogP contribution in [0.2, 0.25) is 0 Å². The standard InChI is InChI=1S/C19H16F2N6O3S2/c1-29-12-6-7-13-14(8-12)32-18(23-13)24-15(28)9-31-19-26-25-16(27(19)22)10-2-4-11(5-3-10)30-17(20)21/h2-8,17H,9,22H2,1H3,(H,23,24,28). The Morgan fingerprint density at radius 1 is 1.22 bits per heavy atom. The fourth-order valence-corrected chi connectivity index (χ4v) is 4.30. The van der Waals surface area contributed by atoms with Crippen LogP contribution in [-0.4, -0.2) is 45.2 Å². The average molecular weight is 479 g/mol. The number of methoxy groups -OCH3 is 1. The van der Waals surface area contributed by atoms with Gasteiger partial charge >= 0.3 is 6.61 Å². The zero-order chi connectivity index (χ0) is 22.7. The molecule has 2 heterocycles. The summed E-state index contributed by atoms with van der Waals surface area (Å²) >= 11 is 2.44. The van der Waals surface area contributed by atoms with Gasteiger partial charge in [-0.2, -0.15) is 8.78 Å². The van der Waals surface area contributed by atoms with Crippen molar-refractivity contribution >= 4 is 44.4 Å². The lowest BCUT2D eigenvalue weighted by Crippen LogP contribution is -2.16. The molecule has 0 radical (unpaired) electrons. The maximum Gasteiger partial charge on any atom is 0.387 e. The average Bonchev–Trinajstić information content (AvgIpc) is 3.34. The molecule has 1 amide bonds. The second kappa shape index (κ2) is 9.36. The number of hydrogen-bond donors (Lipinski definition) is 2.